The molecule has 29 heavy (non-hydrogen) atoms. The lowest BCUT2D eigenvalue weighted by atomic mass is 9.99. The Kier molecular flexibility index (Phi) is 5.45. The first kappa shape index (κ1) is 19.3. The van der Waals surface area contributed by atoms with Crippen molar-refractivity contribution in [3.05, 3.63) is 83.7 Å². The SMILES string of the molecule is CC(C)n1cnc2c1[C@@H](C(=O)Nc1ccc(F)cc1)N(Cc1ccccc1)CC2. The van der Waals surface area contributed by atoms with E-state index in [9.17, 15) is 9.18 Å². The van der Waals surface area contributed by atoms with E-state index >= 15 is 0 Å². The molecule has 0 saturated heterocycles. The molecule has 0 fully saturated rings. The van der Waals surface area contributed by atoms with Gasteiger partial charge in [0.15, 0.2) is 0 Å². The number of aromatic nitrogens is 2. The van der Waals surface area contributed by atoms with E-state index in [4.69, 9.17) is 0 Å². The number of fused-ring (bicyclic) bond motifs is 1. The lowest BCUT2D eigenvalue weighted by molar-refractivity contribution is -0.122. The van der Waals surface area contributed by atoms with Gasteiger partial charge in [0.25, 0.3) is 0 Å². The van der Waals surface area contributed by atoms with Gasteiger partial charge < -0.3 is 9.88 Å². The summed E-state index contributed by atoms with van der Waals surface area (Å²) in [5.41, 5.74) is 3.66. The van der Waals surface area contributed by atoms with Gasteiger partial charge in [0.1, 0.15) is 11.9 Å². The molecule has 1 aliphatic heterocycles. The number of hydrogen-bond donors (Lipinski definition) is 1. The van der Waals surface area contributed by atoms with Crippen molar-refractivity contribution >= 4 is 11.6 Å². The summed E-state index contributed by atoms with van der Waals surface area (Å²) in [7, 11) is 0. The molecule has 0 radical (unpaired) electrons. The molecule has 0 unspecified atom stereocenters. The van der Waals surface area contributed by atoms with Gasteiger partial charge in [-0.1, -0.05) is 30.3 Å². The standard InChI is InChI=1S/C23H25FN4O/c1-16(2)28-15-25-20-12-13-27(14-17-6-4-3-5-7-17)22(21(20)28)23(29)26-19-10-8-18(24)9-11-19/h3-11,15-16,22H,12-14H2,1-2H3,(H,26,29)/t22-/m0/s1. The van der Waals surface area contributed by atoms with E-state index in [-0.39, 0.29) is 17.8 Å². The number of nitrogens with zero attached hydrogens (tertiary/aromatic N) is 3. The van der Waals surface area contributed by atoms with E-state index in [1.165, 1.54) is 12.1 Å². The third kappa shape index (κ3) is 4.07. The highest BCUT2D eigenvalue weighted by Gasteiger charge is 2.37. The molecule has 1 aromatic heterocycles. The molecule has 1 amide bonds. The van der Waals surface area contributed by atoms with Crippen molar-refractivity contribution in [2.75, 3.05) is 11.9 Å². The molecule has 1 N–H and O–H groups in total. The number of amides is 1. The first-order chi connectivity index (χ1) is 14.0. The van der Waals surface area contributed by atoms with E-state index in [0.29, 0.717) is 12.2 Å². The Morgan fingerprint density at radius 3 is 2.59 bits per heavy atom. The first-order valence-electron chi connectivity index (χ1n) is 9.93. The number of carbonyl (C=O) groups excluding carboxylic acids is 1. The quantitative estimate of drug-likeness (QED) is 0.703. The molecule has 2 heterocycles. The predicted octanol–water partition coefficient (Wildman–Crippen LogP) is 4.34. The number of anilines is 1. The van der Waals surface area contributed by atoms with Crippen LogP contribution in [-0.4, -0.2) is 26.9 Å². The number of rotatable bonds is 5. The van der Waals surface area contributed by atoms with Crippen LogP contribution < -0.4 is 5.32 Å². The molecule has 0 bridgehead atoms. The molecular formula is C23H25FN4O. The lowest BCUT2D eigenvalue weighted by Crippen LogP contribution is -2.42. The summed E-state index contributed by atoms with van der Waals surface area (Å²) in [6.45, 7) is 5.60. The summed E-state index contributed by atoms with van der Waals surface area (Å²) in [6.07, 6.45) is 2.64. The Labute approximate surface area is 170 Å². The fourth-order valence-electron chi connectivity index (χ4n) is 3.89. The van der Waals surface area contributed by atoms with Crippen LogP contribution in [0.5, 0.6) is 0 Å². The van der Waals surface area contributed by atoms with E-state index in [2.05, 4.69) is 45.7 Å². The molecule has 4 rings (SSSR count). The zero-order chi connectivity index (χ0) is 20.4. The number of benzene rings is 2. The van der Waals surface area contributed by atoms with Crippen molar-refractivity contribution in [3.63, 3.8) is 0 Å². The van der Waals surface area contributed by atoms with Gasteiger partial charge in [0.2, 0.25) is 5.91 Å². The second-order valence-corrected chi connectivity index (χ2v) is 7.68. The summed E-state index contributed by atoms with van der Waals surface area (Å²) < 4.78 is 15.3. The maximum absolute atomic E-state index is 13.4. The molecule has 0 saturated carbocycles. The largest absolute Gasteiger partial charge is 0.330 e. The molecule has 1 aliphatic rings. The van der Waals surface area contributed by atoms with Gasteiger partial charge in [0, 0.05) is 31.2 Å². The van der Waals surface area contributed by atoms with Crippen molar-refractivity contribution in [2.24, 2.45) is 0 Å². The van der Waals surface area contributed by atoms with Crippen LogP contribution in [0.25, 0.3) is 0 Å². The highest BCUT2D eigenvalue weighted by molar-refractivity contribution is 5.95. The smallest absolute Gasteiger partial charge is 0.247 e. The van der Waals surface area contributed by atoms with Crippen molar-refractivity contribution in [2.45, 2.75) is 38.9 Å². The van der Waals surface area contributed by atoms with E-state index in [1.807, 2.05) is 24.5 Å². The van der Waals surface area contributed by atoms with Gasteiger partial charge in [-0.3, -0.25) is 9.69 Å². The van der Waals surface area contributed by atoms with Crippen LogP contribution in [0.2, 0.25) is 0 Å². The molecule has 0 spiro atoms. The Bertz CT molecular complexity index is 982. The van der Waals surface area contributed by atoms with Gasteiger partial charge >= 0.3 is 0 Å². The number of halogens is 1. The number of hydrogen-bond acceptors (Lipinski definition) is 3. The Hall–Kier alpha value is -2.99. The van der Waals surface area contributed by atoms with E-state index < -0.39 is 6.04 Å². The van der Waals surface area contributed by atoms with Gasteiger partial charge in [-0.05, 0) is 43.7 Å². The van der Waals surface area contributed by atoms with E-state index in [1.54, 1.807) is 12.1 Å². The third-order valence-corrected chi connectivity index (χ3v) is 5.32. The average molecular weight is 392 g/mol. The maximum atomic E-state index is 13.4. The monoisotopic (exact) mass is 392 g/mol. The molecular weight excluding hydrogens is 367 g/mol. The van der Waals surface area contributed by atoms with E-state index in [0.717, 1.165) is 29.9 Å². The average Bonchev–Trinajstić information content (AvgIpc) is 3.14. The summed E-state index contributed by atoms with van der Waals surface area (Å²) in [4.78, 5) is 20.2. The minimum atomic E-state index is -0.464. The highest BCUT2D eigenvalue weighted by Crippen LogP contribution is 2.33. The maximum Gasteiger partial charge on any atom is 0.247 e. The molecule has 1 atom stereocenters. The number of imidazole rings is 1. The molecule has 6 heteroatoms. The minimum absolute atomic E-state index is 0.129. The van der Waals surface area contributed by atoms with Gasteiger partial charge in [-0.25, -0.2) is 9.37 Å². The highest BCUT2D eigenvalue weighted by atomic mass is 19.1. The predicted molar refractivity (Wildman–Crippen MR) is 111 cm³/mol. The zero-order valence-corrected chi connectivity index (χ0v) is 16.7. The van der Waals surface area contributed by atoms with Crippen LogP contribution in [0.15, 0.2) is 60.9 Å². The second-order valence-electron chi connectivity index (χ2n) is 7.68. The van der Waals surface area contributed by atoms with Crippen molar-refractivity contribution in [1.82, 2.24) is 14.5 Å². The van der Waals surface area contributed by atoms with Crippen LogP contribution in [0, 0.1) is 5.82 Å². The van der Waals surface area contributed by atoms with Crippen LogP contribution in [0.4, 0.5) is 10.1 Å². The molecule has 3 aromatic rings. The molecule has 5 nitrogen and oxygen atoms in total. The van der Waals surface area contributed by atoms with Crippen LogP contribution >= 0.6 is 0 Å². The minimum Gasteiger partial charge on any atom is -0.330 e. The summed E-state index contributed by atoms with van der Waals surface area (Å²) in [5.74, 6) is -0.456. The topological polar surface area (TPSA) is 50.2 Å². The van der Waals surface area contributed by atoms with Crippen molar-refractivity contribution in [1.29, 1.82) is 0 Å². The molecule has 0 aliphatic carbocycles. The van der Waals surface area contributed by atoms with Crippen LogP contribution in [0.1, 0.15) is 42.9 Å². The van der Waals surface area contributed by atoms with Gasteiger partial charge in [-0.15, -0.1) is 0 Å². The first-order valence-corrected chi connectivity index (χ1v) is 9.93. The van der Waals surface area contributed by atoms with Gasteiger partial charge in [-0.2, -0.15) is 0 Å². The fraction of sp³-hybridized carbons (Fsp3) is 0.304. The Balaban J connectivity index is 1.68. The summed E-state index contributed by atoms with van der Waals surface area (Å²) in [5, 5.41) is 2.96. The van der Waals surface area contributed by atoms with Gasteiger partial charge in [0.05, 0.1) is 17.7 Å². The van der Waals surface area contributed by atoms with Crippen LogP contribution in [0.3, 0.4) is 0 Å². The summed E-state index contributed by atoms with van der Waals surface area (Å²) >= 11 is 0. The number of carbonyl (C=O) groups is 1. The fourth-order valence-corrected chi connectivity index (χ4v) is 3.89. The Morgan fingerprint density at radius 1 is 1.17 bits per heavy atom. The normalized spacial score (nSPS) is 16.6. The molecule has 150 valence electrons. The second kappa shape index (κ2) is 8.17. The van der Waals surface area contributed by atoms with Crippen molar-refractivity contribution < 1.29 is 9.18 Å². The lowest BCUT2D eigenvalue weighted by Gasteiger charge is -2.36. The molecule has 2 aromatic carbocycles. The third-order valence-electron chi connectivity index (χ3n) is 5.32. The number of nitrogens with one attached hydrogen (secondary N) is 1. The Morgan fingerprint density at radius 2 is 1.90 bits per heavy atom. The van der Waals surface area contributed by atoms with Crippen LogP contribution in [-0.2, 0) is 17.8 Å². The summed E-state index contributed by atoms with van der Waals surface area (Å²) in [6, 6.07) is 15.8. The van der Waals surface area contributed by atoms with Crippen molar-refractivity contribution in [3.8, 4) is 0 Å². The zero-order valence-electron chi connectivity index (χ0n) is 16.7.